The lowest BCUT2D eigenvalue weighted by Crippen LogP contribution is -2.47. The summed E-state index contributed by atoms with van der Waals surface area (Å²) >= 11 is 0. The van der Waals surface area contributed by atoms with Crippen molar-refractivity contribution in [1.29, 1.82) is 0 Å². The average molecular weight is 356 g/mol. The molecule has 1 aromatic rings. The third kappa shape index (κ3) is 5.10. The number of carbonyl (C=O) groups excluding carboxylic acids is 1. The fourth-order valence-corrected chi connectivity index (χ4v) is 3.46. The van der Waals surface area contributed by atoms with Crippen LogP contribution in [0.15, 0.2) is 24.3 Å². The summed E-state index contributed by atoms with van der Waals surface area (Å²) in [6.45, 7) is 2.58. The predicted octanol–water partition coefficient (Wildman–Crippen LogP) is 1.00. The normalized spacial score (nSPS) is 16.0. The zero-order valence-electron chi connectivity index (χ0n) is 14.0. The van der Waals surface area contributed by atoms with E-state index in [1.165, 1.54) is 0 Å². The fraction of sp³-hybridized carbons (Fsp3) is 0.562. The Morgan fingerprint density at radius 2 is 1.88 bits per heavy atom. The van der Waals surface area contributed by atoms with Crippen LogP contribution in [0.3, 0.4) is 0 Å². The first-order valence-electron chi connectivity index (χ1n) is 7.98. The number of carbonyl (C=O) groups is 1. The van der Waals surface area contributed by atoms with Crippen LogP contribution in [0, 0.1) is 0 Å². The van der Waals surface area contributed by atoms with Crippen molar-refractivity contribution in [3.05, 3.63) is 24.3 Å². The van der Waals surface area contributed by atoms with Crippen molar-refractivity contribution >= 4 is 15.9 Å². The molecule has 24 heavy (non-hydrogen) atoms. The van der Waals surface area contributed by atoms with E-state index in [0.29, 0.717) is 37.4 Å². The van der Waals surface area contributed by atoms with E-state index < -0.39 is 10.0 Å². The molecule has 0 aliphatic carbocycles. The molecular weight excluding hydrogens is 332 g/mol. The highest BCUT2D eigenvalue weighted by atomic mass is 32.2. The van der Waals surface area contributed by atoms with Crippen molar-refractivity contribution in [3.8, 4) is 11.5 Å². The number of hydrogen-bond acceptors (Lipinski definition) is 5. The fourth-order valence-electron chi connectivity index (χ4n) is 2.55. The van der Waals surface area contributed by atoms with E-state index in [2.05, 4.69) is 4.72 Å². The molecule has 1 saturated heterocycles. The lowest BCUT2D eigenvalue weighted by Gasteiger charge is -2.32. The van der Waals surface area contributed by atoms with Gasteiger partial charge in [-0.15, -0.1) is 0 Å². The lowest BCUT2D eigenvalue weighted by molar-refractivity contribution is -0.134. The van der Waals surface area contributed by atoms with Gasteiger partial charge in [-0.1, -0.05) is 12.1 Å². The molecule has 0 saturated carbocycles. The second-order valence-corrected chi connectivity index (χ2v) is 7.66. The van der Waals surface area contributed by atoms with Gasteiger partial charge in [0, 0.05) is 19.1 Å². The summed E-state index contributed by atoms with van der Waals surface area (Å²) in [5.74, 6) is 1.06. The first-order chi connectivity index (χ1) is 11.4. The van der Waals surface area contributed by atoms with E-state index in [1.807, 2.05) is 12.1 Å². The second-order valence-electron chi connectivity index (χ2n) is 5.62. The summed E-state index contributed by atoms with van der Waals surface area (Å²) in [5.41, 5.74) is 0. The third-order valence-corrected chi connectivity index (χ3v) is 5.45. The Balaban J connectivity index is 1.81. The maximum Gasteiger partial charge on any atom is 0.260 e. The van der Waals surface area contributed by atoms with Gasteiger partial charge in [0.2, 0.25) is 10.0 Å². The number of benzene rings is 1. The van der Waals surface area contributed by atoms with Gasteiger partial charge < -0.3 is 14.4 Å². The molecular formula is C16H24N2O5S. The van der Waals surface area contributed by atoms with Crippen molar-refractivity contribution in [1.82, 2.24) is 9.62 Å². The molecule has 0 spiro atoms. The van der Waals surface area contributed by atoms with Crippen LogP contribution in [-0.2, 0) is 14.8 Å². The molecule has 1 N–H and O–H groups in total. The number of rotatable bonds is 7. The molecule has 1 aromatic carbocycles. The minimum Gasteiger partial charge on any atom is -0.493 e. The first kappa shape index (κ1) is 18.5. The summed E-state index contributed by atoms with van der Waals surface area (Å²) in [4.78, 5) is 13.9. The van der Waals surface area contributed by atoms with Crippen LogP contribution >= 0.6 is 0 Å². The van der Waals surface area contributed by atoms with E-state index in [0.717, 1.165) is 0 Å². The number of piperidine rings is 1. The summed E-state index contributed by atoms with van der Waals surface area (Å²) < 4.78 is 36.5. The molecule has 7 nitrogen and oxygen atoms in total. The van der Waals surface area contributed by atoms with Crippen molar-refractivity contribution in [2.24, 2.45) is 0 Å². The van der Waals surface area contributed by atoms with E-state index in [4.69, 9.17) is 9.47 Å². The SMILES string of the molecule is CCS(=O)(=O)NC1CCN(C(=O)COc2ccccc2OC)CC1. The van der Waals surface area contributed by atoms with E-state index in [1.54, 1.807) is 31.1 Å². The molecule has 1 aliphatic rings. The van der Waals surface area contributed by atoms with Crippen LogP contribution in [0.2, 0.25) is 0 Å². The quantitative estimate of drug-likeness (QED) is 0.788. The molecule has 0 atom stereocenters. The maximum atomic E-state index is 12.2. The highest BCUT2D eigenvalue weighted by Gasteiger charge is 2.25. The van der Waals surface area contributed by atoms with Crippen LogP contribution in [0.25, 0.3) is 0 Å². The van der Waals surface area contributed by atoms with Gasteiger partial charge in [0.05, 0.1) is 12.9 Å². The Bertz CT molecular complexity index is 654. The number of ether oxygens (including phenoxy) is 2. The molecule has 134 valence electrons. The van der Waals surface area contributed by atoms with Gasteiger partial charge in [-0.2, -0.15) is 0 Å². The molecule has 0 radical (unpaired) electrons. The molecule has 8 heteroatoms. The van der Waals surface area contributed by atoms with Gasteiger partial charge in [0.25, 0.3) is 5.91 Å². The van der Waals surface area contributed by atoms with Crippen LogP contribution in [0.5, 0.6) is 11.5 Å². The average Bonchev–Trinajstić information content (AvgIpc) is 2.60. The van der Waals surface area contributed by atoms with Crippen molar-refractivity contribution in [3.63, 3.8) is 0 Å². The molecule has 1 aliphatic heterocycles. The van der Waals surface area contributed by atoms with Crippen molar-refractivity contribution in [2.75, 3.05) is 32.6 Å². The smallest absolute Gasteiger partial charge is 0.260 e. The largest absolute Gasteiger partial charge is 0.493 e. The number of para-hydroxylation sites is 2. The molecule has 0 aromatic heterocycles. The Hall–Kier alpha value is -1.80. The zero-order valence-corrected chi connectivity index (χ0v) is 14.8. The lowest BCUT2D eigenvalue weighted by atomic mass is 10.1. The van der Waals surface area contributed by atoms with Gasteiger partial charge in [0.15, 0.2) is 18.1 Å². The zero-order chi connectivity index (χ0) is 17.6. The maximum absolute atomic E-state index is 12.2. The molecule has 2 rings (SSSR count). The van der Waals surface area contributed by atoms with Gasteiger partial charge in [0.1, 0.15) is 0 Å². The molecule has 1 amide bonds. The summed E-state index contributed by atoms with van der Waals surface area (Å²) in [7, 11) is -1.66. The second kappa shape index (κ2) is 8.34. The molecule has 1 fully saturated rings. The summed E-state index contributed by atoms with van der Waals surface area (Å²) in [5, 5.41) is 0. The number of likely N-dealkylation sites (tertiary alicyclic amines) is 1. The summed E-state index contributed by atoms with van der Waals surface area (Å²) in [6, 6.07) is 7.06. The standard InChI is InChI=1S/C16H24N2O5S/c1-3-24(20,21)17-13-8-10-18(11-9-13)16(19)12-23-15-7-5-4-6-14(15)22-2/h4-7,13,17H,3,8-12H2,1-2H3. The van der Waals surface area contributed by atoms with E-state index in [9.17, 15) is 13.2 Å². The molecule has 0 bridgehead atoms. The number of sulfonamides is 1. The Morgan fingerprint density at radius 1 is 1.25 bits per heavy atom. The number of nitrogens with one attached hydrogen (secondary N) is 1. The van der Waals surface area contributed by atoms with Crippen LogP contribution in [0.4, 0.5) is 0 Å². The monoisotopic (exact) mass is 356 g/mol. The minimum atomic E-state index is -3.20. The highest BCUT2D eigenvalue weighted by Crippen LogP contribution is 2.25. The molecule has 0 unspecified atom stereocenters. The predicted molar refractivity (Wildman–Crippen MR) is 90.7 cm³/mol. The Labute approximate surface area is 143 Å². The highest BCUT2D eigenvalue weighted by molar-refractivity contribution is 7.89. The summed E-state index contributed by atoms with van der Waals surface area (Å²) in [6.07, 6.45) is 1.22. The van der Waals surface area contributed by atoms with Gasteiger partial charge in [-0.25, -0.2) is 13.1 Å². The van der Waals surface area contributed by atoms with E-state index >= 15 is 0 Å². The third-order valence-electron chi connectivity index (χ3n) is 3.99. The molecule has 1 heterocycles. The van der Waals surface area contributed by atoms with Gasteiger partial charge >= 0.3 is 0 Å². The van der Waals surface area contributed by atoms with Crippen molar-refractivity contribution < 1.29 is 22.7 Å². The number of hydrogen-bond donors (Lipinski definition) is 1. The Kier molecular flexibility index (Phi) is 6.44. The number of nitrogens with zero attached hydrogens (tertiary/aromatic N) is 1. The van der Waals surface area contributed by atoms with Crippen LogP contribution in [0.1, 0.15) is 19.8 Å². The first-order valence-corrected chi connectivity index (χ1v) is 9.64. The van der Waals surface area contributed by atoms with Gasteiger partial charge in [-0.3, -0.25) is 4.79 Å². The van der Waals surface area contributed by atoms with Crippen LogP contribution in [-0.4, -0.2) is 57.8 Å². The minimum absolute atomic E-state index is 0.0638. The number of methoxy groups -OCH3 is 1. The van der Waals surface area contributed by atoms with Crippen LogP contribution < -0.4 is 14.2 Å². The topological polar surface area (TPSA) is 84.9 Å². The van der Waals surface area contributed by atoms with E-state index in [-0.39, 0.29) is 24.3 Å². The Morgan fingerprint density at radius 3 is 2.46 bits per heavy atom. The van der Waals surface area contributed by atoms with Crippen molar-refractivity contribution in [2.45, 2.75) is 25.8 Å². The van der Waals surface area contributed by atoms with Gasteiger partial charge in [-0.05, 0) is 31.9 Å². The number of amides is 1.